The van der Waals surface area contributed by atoms with Crippen molar-refractivity contribution in [1.82, 2.24) is 0 Å². The Hall–Kier alpha value is -2.89. The second kappa shape index (κ2) is 5.83. The van der Waals surface area contributed by atoms with Gasteiger partial charge in [0, 0.05) is 5.56 Å². The minimum Gasteiger partial charge on any atom is -0.453 e. The van der Waals surface area contributed by atoms with Crippen LogP contribution in [0.5, 0.6) is 0 Å². The first kappa shape index (κ1) is 13.5. The van der Waals surface area contributed by atoms with Gasteiger partial charge in [-0.1, -0.05) is 12.1 Å². The van der Waals surface area contributed by atoms with Gasteiger partial charge in [0.15, 0.2) is 18.7 Å². The maximum absolute atomic E-state index is 11.7. The maximum Gasteiger partial charge on any atom is 0.338 e. The zero-order chi connectivity index (χ0) is 14.5. The van der Waals surface area contributed by atoms with Crippen LogP contribution >= 0.6 is 0 Å². The van der Waals surface area contributed by atoms with E-state index in [1.165, 1.54) is 18.2 Å². The lowest BCUT2D eigenvalue weighted by Gasteiger charge is -2.03. The van der Waals surface area contributed by atoms with Crippen molar-refractivity contribution in [1.29, 1.82) is 0 Å². The van der Waals surface area contributed by atoms with Gasteiger partial charge in [-0.2, -0.15) is 0 Å². The van der Waals surface area contributed by atoms with E-state index in [1.807, 2.05) is 0 Å². The molecule has 0 saturated carbocycles. The van der Waals surface area contributed by atoms with Gasteiger partial charge in [0.2, 0.25) is 0 Å². The molecule has 0 aliphatic rings. The number of benzene rings is 1. The highest BCUT2D eigenvalue weighted by Crippen LogP contribution is 2.22. The number of hydrogen-bond donors (Lipinski definition) is 1. The number of primary amides is 1. The van der Waals surface area contributed by atoms with Gasteiger partial charge in [-0.25, -0.2) is 4.79 Å². The monoisotopic (exact) mass is 273 g/mol. The largest absolute Gasteiger partial charge is 0.453 e. The van der Waals surface area contributed by atoms with E-state index in [1.54, 1.807) is 18.2 Å². The third kappa shape index (κ3) is 3.11. The van der Waals surface area contributed by atoms with Crippen LogP contribution in [0.1, 0.15) is 20.9 Å². The number of ether oxygens (including phenoxy) is 1. The molecule has 2 aromatic rings. The SMILES string of the molecule is NC(=O)COC(=O)c1cccc(-c2ccc(C=O)o2)c1. The van der Waals surface area contributed by atoms with Gasteiger partial charge in [-0.05, 0) is 24.3 Å². The van der Waals surface area contributed by atoms with Crippen LogP contribution in [0, 0.1) is 0 Å². The predicted octanol–water partition coefficient (Wildman–Crippen LogP) is 1.40. The molecule has 1 amide bonds. The van der Waals surface area contributed by atoms with Gasteiger partial charge in [-0.15, -0.1) is 0 Å². The Kier molecular flexibility index (Phi) is 3.95. The van der Waals surface area contributed by atoms with Crippen LogP contribution in [0.4, 0.5) is 0 Å². The number of amides is 1. The quantitative estimate of drug-likeness (QED) is 0.655. The molecule has 0 aliphatic carbocycles. The summed E-state index contributed by atoms with van der Waals surface area (Å²) in [5.41, 5.74) is 5.77. The topological polar surface area (TPSA) is 99.6 Å². The molecule has 0 radical (unpaired) electrons. The number of carbonyl (C=O) groups is 3. The van der Waals surface area contributed by atoms with Crippen molar-refractivity contribution in [3.8, 4) is 11.3 Å². The molecule has 0 unspecified atom stereocenters. The Morgan fingerprint density at radius 2 is 2.05 bits per heavy atom. The smallest absolute Gasteiger partial charge is 0.338 e. The fraction of sp³-hybridized carbons (Fsp3) is 0.0714. The van der Waals surface area contributed by atoms with Gasteiger partial charge >= 0.3 is 5.97 Å². The average molecular weight is 273 g/mol. The van der Waals surface area contributed by atoms with E-state index in [2.05, 4.69) is 0 Å². The molecule has 2 N–H and O–H groups in total. The van der Waals surface area contributed by atoms with E-state index in [0.29, 0.717) is 17.6 Å². The fourth-order valence-corrected chi connectivity index (χ4v) is 1.59. The van der Waals surface area contributed by atoms with E-state index < -0.39 is 18.5 Å². The molecule has 102 valence electrons. The van der Waals surface area contributed by atoms with Crippen molar-refractivity contribution < 1.29 is 23.5 Å². The summed E-state index contributed by atoms with van der Waals surface area (Å²) in [7, 11) is 0. The highest BCUT2D eigenvalue weighted by molar-refractivity contribution is 5.92. The first-order chi connectivity index (χ1) is 9.60. The molecule has 1 aromatic heterocycles. The molecule has 0 fully saturated rings. The molecule has 0 bridgehead atoms. The number of nitrogens with two attached hydrogens (primary N) is 1. The van der Waals surface area contributed by atoms with Crippen LogP contribution in [0.15, 0.2) is 40.8 Å². The fourth-order valence-electron chi connectivity index (χ4n) is 1.59. The Labute approximate surface area is 114 Å². The van der Waals surface area contributed by atoms with Gasteiger partial charge in [-0.3, -0.25) is 9.59 Å². The summed E-state index contributed by atoms with van der Waals surface area (Å²) in [5.74, 6) is -0.734. The highest BCUT2D eigenvalue weighted by atomic mass is 16.5. The number of carbonyl (C=O) groups excluding carboxylic acids is 3. The standard InChI is InChI=1S/C14H11NO5/c15-13(17)8-19-14(18)10-3-1-2-9(6-10)12-5-4-11(7-16)20-12/h1-7H,8H2,(H2,15,17). The molecule has 0 aliphatic heterocycles. The van der Waals surface area contributed by atoms with Crippen LogP contribution in [0.3, 0.4) is 0 Å². The van der Waals surface area contributed by atoms with Crippen molar-refractivity contribution in [2.24, 2.45) is 5.73 Å². The molecule has 0 atom stereocenters. The third-order valence-electron chi connectivity index (χ3n) is 2.47. The Morgan fingerprint density at radius 1 is 1.25 bits per heavy atom. The summed E-state index contributed by atoms with van der Waals surface area (Å²) in [5, 5.41) is 0. The second-order valence-corrected chi connectivity index (χ2v) is 3.94. The third-order valence-corrected chi connectivity index (χ3v) is 2.47. The summed E-state index contributed by atoms with van der Waals surface area (Å²) in [6.07, 6.45) is 0.592. The van der Waals surface area contributed by atoms with E-state index in [4.69, 9.17) is 14.9 Å². The van der Waals surface area contributed by atoms with Crippen LogP contribution in [0.2, 0.25) is 0 Å². The lowest BCUT2D eigenvalue weighted by Crippen LogP contribution is -2.20. The minimum atomic E-state index is -0.726. The Bertz CT molecular complexity index is 659. The molecule has 6 nitrogen and oxygen atoms in total. The average Bonchev–Trinajstić information content (AvgIpc) is 2.94. The van der Waals surface area contributed by atoms with Gasteiger partial charge in [0.05, 0.1) is 5.56 Å². The zero-order valence-electron chi connectivity index (χ0n) is 10.4. The summed E-state index contributed by atoms with van der Waals surface area (Å²) in [6, 6.07) is 9.59. The Morgan fingerprint density at radius 3 is 2.70 bits per heavy atom. The zero-order valence-corrected chi connectivity index (χ0v) is 10.4. The molecule has 2 rings (SSSR count). The van der Waals surface area contributed by atoms with Gasteiger partial charge < -0.3 is 14.9 Å². The van der Waals surface area contributed by atoms with Gasteiger partial charge in [0.25, 0.3) is 5.91 Å². The first-order valence-electron chi connectivity index (χ1n) is 5.71. The molecular formula is C14H11NO5. The lowest BCUT2D eigenvalue weighted by molar-refractivity contribution is -0.121. The maximum atomic E-state index is 11.7. The number of furan rings is 1. The van der Waals surface area contributed by atoms with Gasteiger partial charge in [0.1, 0.15) is 5.76 Å². The van der Waals surface area contributed by atoms with E-state index in [9.17, 15) is 14.4 Å². The van der Waals surface area contributed by atoms with Crippen LogP contribution in [0.25, 0.3) is 11.3 Å². The predicted molar refractivity (Wildman–Crippen MR) is 69.0 cm³/mol. The molecule has 6 heteroatoms. The van der Waals surface area contributed by atoms with Crippen molar-refractivity contribution in [2.45, 2.75) is 0 Å². The number of esters is 1. The normalized spacial score (nSPS) is 10.0. The molecule has 0 spiro atoms. The van der Waals surface area contributed by atoms with Crippen molar-refractivity contribution in [2.75, 3.05) is 6.61 Å². The lowest BCUT2D eigenvalue weighted by atomic mass is 10.1. The molecule has 0 saturated heterocycles. The molecular weight excluding hydrogens is 262 g/mol. The van der Waals surface area contributed by atoms with Crippen LogP contribution in [-0.4, -0.2) is 24.8 Å². The second-order valence-electron chi connectivity index (χ2n) is 3.94. The van der Waals surface area contributed by atoms with Crippen molar-refractivity contribution >= 4 is 18.2 Å². The van der Waals surface area contributed by atoms with E-state index in [-0.39, 0.29) is 11.3 Å². The van der Waals surface area contributed by atoms with E-state index in [0.717, 1.165) is 0 Å². The van der Waals surface area contributed by atoms with Crippen molar-refractivity contribution in [3.63, 3.8) is 0 Å². The Balaban J connectivity index is 2.21. The summed E-state index contributed by atoms with van der Waals surface area (Å²) in [4.78, 5) is 32.8. The first-order valence-corrected chi connectivity index (χ1v) is 5.71. The number of aldehydes is 1. The van der Waals surface area contributed by atoms with Crippen LogP contribution in [-0.2, 0) is 9.53 Å². The number of hydrogen-bond acceptors (Lipinski definition) is 5. The highest BCUT2D eigenvalue weighted by Gasteiger charge is 2.11. The molecule has 1 aromatic carbocycles. The number of rotatable bonds is 5. The molecule has 1 heterocycles. The van der Waals surface area contributed by atoms with Crippen LogP contribution < -0.4 is 5.73 Å². The molecule has 20 heavy (non-hydrogen) atoms. The summed E-state index contributed by atoms with van der Waals surface area (Å²) in [6.45, 7) is -0.473. The van der Waals surface area contributed by atoms with E-state index >= 15 is 0 Å². The summed E-state index contributed by atoms with van der Waals surface area (Å²) >= 11 is 0. The minimum absolute atomic E-state index is 0.196. The van der Waals surface area contributed by atoms with Crippen molar-refractivity contribution in [3.05, 3.63) is 47.7 Å². The summed E-state index contributed by atoms with van der Waals surface area (Å²) < 4.78 is 9.96.